The highest BCUT2D eigenvalue weighted by atomic mass is 16.4. The zero-order valence-electron chi connectivity index (χ0n) is 14.6. The number of aromatic carboxylic acids is 1. The molecule has 1 amide bonds. The number of nitrogens with zero attached hydrogens (tertiary/aromatic N) is 3. The zero-order valence-corrected chi connectivity index (χ0v) is 14.6. The molecule has 0 aliphatic carbocycles. The Bertz CT molecular complexity index is 1010. The molecule has 0 saturated heterocycles. The van der Waals surface area contributed by atoms with Crippen LogP contribution in [0.5, 0.6) is 0 Å². The topological polar surface area (TPSA) is 95.4 Å². The van der Waals surface area contributed by atoms with Crippen LogP contribution in [0.2, 0.25) is 0 Å². The van der Waals surface area contributed by atoms with Crippen molar-refractivity contribution >= 4 is 34.3 Å². The molecule has 0 bridgehead atoms. The van der Waals surface area contributed by atoms with Gasteiger partial charge in [0.2, 0.25) is 0 Å². The predicted octanol–water partition coefficient (Wildman–Crippen LogP) is 3.08. The minimum atomic E-state index is -1.10. The third-order valence-electron chi connectivity index (χ3n) is 3.94. The van der Waals surface area contributed by atoms with Crippen LogP contribution < -0.4 is 5.32 Å². The van der Waals surface area contributed by atoms with Crippen LogP contribution in [0, 0.1) is 6.92 Å². The third-order valence-corrected chi connectivity index (χ3v) is 3.94. The Morgan fingerprint density at radius 3 is 2.58 bits per heavy atom. The molecule has 3 aromatic rings. The minimum absolute atomic E-state index is 0.0216. The molecular weight excluding hydrogens is 332 g/mol. The van der Waals surface area contributed by atoms with Crippen molar-refractivity contribution in [2.24, 2.45) is 0 Å². The van der Waals surface area contributed by atoms with Gasteiger partial charge in [0.1, 0.15) is 11.4 Å². The summed E-state index contributed by atoms with van der Waals surface area (Å²) in [5.41, 5.74) is 2.54. The highest BCUT2D eigenvalue weighted by molar-refractivity contribution is 6.08. The van der Waals surface area contributed by atoms with Gasteiger partial charge in [-0.25, -0.2) is 9.78 Å². The van der Waals surface area contributed by atoms with Crippen LogP contribution in [-0.2, 0) is 0 Å². The first-order chi connectivity index (χ1) is 12.4. The Morgan fingerprint density at radius 2 is 1.88 bits per heavy atom. The van der Waals surface area contributed by atoms with Gasteiger partial charge >= 0.3 is 5.97 Å². The van der Waals surface area contributed by atoms with E-state index in [0.29, 0.717) is 16.8 Å². The van der Waals surface area contributed by atoms with Crippen LogP contribution in [0.4, 0.5) is 11.5 Å². The molecule has 7 nitrogen and oxygen atoms in total. The van der Waals surface area contributed by atoms with Crippen LogP contribution in [0.1, 0.15) is 26.3 Å². The highest BCUT2D eigenvalue weighted by Crippen LogP contribution is 2.31. The van der Waals surface area contributed by atoms with Crippen LogP contribution in [0.3, 0.4) is 0 Å². The summed E-state index contributed by atoms with van der Waals surface area (Å²) in [7, 11) is 3.30. The number of hydrogen-bond acceptors (Lipinski definition) is 5. The number of anilines is 2. The number of rotatable bonds is 4. The molecule has 0 unspecified atom stereocenters. The normalized spacial score (nSPS) is 10.6. The first-order valence-corrected chi connectivity index (χ1v) is 7.95. The van der Waals surface area contributed by atoms with Crippen molar-refractivity contribution in [3.05, 3.63) is 59.4 Å². The molecule has 0 aliphatic rings. The van der Waals surface area contributed by atoms with Crippen molar-refractivity contribution in [3.8, 4) is 0 Å². The fourth-order valence-electron chi connectivity index (χ4n) is 2.64. The van der Waals surface area contributed by atoms with Crippen LogP contribution in [0.15, 0.2) is 42.7 Å². The Morgan fingerprint density at radius 1 is 1.12 bits per heavy atom. The number of carboxylic acid groups (broad SMARTS) is 1. The SMILES string of the molecule is Cc1ccc2ncc(C(=O)N(C)C)c(Nc3ncccc3C(=O)O)c2c1. The summed E-state index contributed by atoms with van der Waals surface area (Å²) in [6, 6.07) is 8.70. The second-order valence-electron chi connectivity index (χ2n) is 6.10. The number of benzene rings is 1. The van der Waals surface area contributed by atoms with Crippen molar-refractivity contribution in [2.75, 3.05) is 19.4 Å². The lowest BCUT2D eigenvalue weighted by atomic mass is 10.1. The molecule has 2 N–H and O–H groups in total. The molecule has 26 heavy (non-hydrogen) atoms. The third kappa shape index (κ3) is 3.19. The second-order valence-corrected chi connectivity index (χ2v) is 6.10. The van der Waals surface area contributed by atoms with Crippen molar-refractivity contribution < 1.29 is 14.7 Å². The highest BCUT2D eigenvalue weighted by Gasteiger charge is 2.20. The summed E-state index contributed by atoms with van der Waals surface area (Å²) in [4.78, 5) is 34.0. The summed E-state index contributed by atoms with van der Waals surface area (Å²) in [6.07, 6.45) is 2.99. The molecule has 0 saturated carbocycles. The zero-order chi connectivity index (χ0) is 18.8. The number of nitrogens with one attached hydrogen (secondary N) is 1. The predicted molar refractivity (Wildman–Crippen MR) is 99.0 cm³/mol. The van der Waals surface area contributed by atoms with Crippen molar-refractivity contribution in [3.63, 3.8) is 0 Å². The van der Waals surface area contributed by atoms with Gasteiger partial charge in [-0.2, -0.15) is 0 Å². The van der Waals surface area contributed by atoms with Gasteiger partial charge in [0.05, 0.1) is 16.8 Å². The number of carbonyl (C=O) groups is 2. The van der Waals surface area contributed by atoms with Crippen LogP contribution in [-0.4, -0.2) is 45.9 Å². The fourth-order valence-corrected chi connectivity index (χ4v) is 2.64. The van der Waals surface area contributed by atoms with Gasteiger partial charge in [-0.3, -0.25) is 9.78 Å². The monoisotopic (exact) mass is 350 g/mol. The molecule has 132 valence electrons. The molecule has 0 radical (unpaired) electrons. The summed E-state index contributed by atoms with van der Waals surface area (Å²) in [5, 5.41) is 13.2. The number of carboxylic acids is 1. The van der Waals surface area contributed by atoms with Gasteiger partial charge in [-0.05, 0) is 31.2 Å². The van der Waals surface area contributed by atoms with E-state index < -0.39 is 5.97 Å². The van der Waals surface area contributed by atoms with E-state index in [9.17, 15) is 14.7 Å². The van der Waals surface area contributed by atoms with E-state index in [4.69, 9.17) is 0 Å². The molecule has 2 aromatic heterocycles. The first kappa shape index (κ1) is 17.3. The van der Waals surface area contributed by atoms with Crippen molar-refractivity contribution in [1.82, 2.24) is 14.9 Å². The molecular formula is C19H18N4O3. The number of fused-ring (bicyclic) bond motifs is 1. The number of aryl methyl sites for hydroxylation is 1. The van der Waals surface area contributed by atoms with E-state index in [2.05, 4.69) is 15.3 Å². The molecule has 0 aliphatic heterocycles. The molecule has 0 spiro atoms. The maximum Gasteiger partial charge on any atom is 0.339 e. The van der Waals surface area contributed by atoms with Gasteiger partial charge in [-0.1, -0.05) is 11.6 Å². The molecule has 2 heterocycles. The summed E-state index contributed by atoms with van der Waals surface area (Å²) < 4.78 is 0. The average molecular weight is 350 g/mol. The Kier molecular flexibility index (Phi) is 4.53. The van der Waals surface area contributed by atoms with E-state index >= 15 is 0 Å². The maximum absolute atomic E-state index is 12.6. The largest absolute Gasteiger partial charge is 0.478 e. The maximum atomic E-state index is 12.6. The van der Waals surface area contributed by atoms with E-state index in [0.717, 1.165) is 10.9 Å². The lowest BCUT2D eigenvalue weighted by Gasteiger charge is -2.17. The van der Waals surface area contributed by atoms with E-state index in [-0.39, 0.29) is 17.3 Å². The molecule has 3 rings (SSSR count). The quantitative estimate of drug-likeness (QED) is 0.751. The summed E-state index contributed by atoms with van der Waals surface area (Å²) in [5.74, 6) is -1.17. The first-order valence-electron chi connectivity index (χ1n) is 7.95. The van der Waals surface area contributed by atoms with E-state index in [1.165, 1.54) is 23.4 Å². The summed E-state index contributed by atoms with van der Waals surface area (Å²) in [6.45, 7) is 1.94. The number of carbonyl (C=O) groups excluding carboxylic acids is 1. The fraction of sp³-hybridized carbons (Fsp3) is 0.158. The Hall–Kier alpha value is -3.48. The van der Waals surface area contributed by atoms with Gasteiger partial charge in [0, 0.05) is 31.9 Å². The Balaban J connectivity index is 2.25. The van der Waals surface area contributed by atoms with Crippen LogP contribution >= 0.6 is 0 Å². The minimum Gasteiger partial charge on any atom is -0.478 e. The van der Waals surface area contributed by atoms with Crippen LogP contribution in [0.25, 0.3) is 10.9 Å². The number of pyridine rings is 2. The number of hydrogen-bond donors (Lipinski definition) is 2. The van der Waals surface area contributed by atoms with Gasteiger partial charge in [0.25, 0.3) is 5.91 Å². The standard InChI is InChI=1S/C19H18N4O3/c1-11-6-7-15-13(9-11)16(14(10-21-15)18(24)23(2)3)22-17-12(19(25)26)5-4-8-20-17/h4-10H,1-3H3,(H,25,26)(H,20,21,22). The van der Waals surface area contributed by atoms with E-state index in [1.54, 1.807) is 20.2 Å². The molecule has 0 fully saturated rings. The van der Waals surface area contributed by atoms with Crippen molar-refractivity contribution in [1.29, 1.82) is 0 Å². The smallest absolute Gasteiger partial charge is 0.339 e. The lowest BCUT2D eigenvalue weighted by Crippen LogP contribution is -2.23. The average Bonchev–Trinajstić information content (AvgIpc) is 2.61. The summed E-state index contributed by atoms with van der Waals surface area (Å²) >= 11 is 0. The van der Waals surface area contributed by atoms with Gasteiger partial charge in [-0.15, -0.1) is 0 Å². The van der Waals surface area contributed by atoms with Crippen molar-refractivity contribution in [2.45, 2.75) is 6.92 Å². The lowest BCUT2D eigenvalue weighted by molar-refractivity contribution is 0.0697. The van der Waals surface area contributed by atoms with Gasteiger partial charge in [0.15, 0.2) is 0 Å². The van der Waals surface area contributed by atoms with Gasteiger partial charge < -0.3 is 15.3 Å². The number of aromatic nitrogens is 2. The second kappa shape index (κ2) is 6.79. The molecule has 0 atom stereocenters. The molecule has 7 heteroatoms. The molecule has 1 aromatic carbocycles. The van der Waals surface area contributed by atoms with E-state index in [1.807, 2.05) is 25.1 Å². The number of amides is 1. The Labute approximate surface area is 150 Å².